The summed E-state index contributed by atoms with van der Waals surface area (Å²) in [6.45, 7) is 0. The van der Waals surface area contributed by atoms with E-state index >= 15 is 0 Å². The third kappa shape index (κ3) is 3.48. The lowest BCUT2D eigenvalue weighted by molar-refractivity contribution is 0.958. The Balaban J connectivity index is 1.48. The molecule has 0 aliphatic carbocycles. The number of aromatic nitrogens is 2. The Morgan fingerprint density at radius 2 is 1.28 bits per heavy atom. The average Bonchev–Trinajstić information content (AvgIpc) is 3.11. The van der Waals surface area contributed by atoms with Gasteiger partial charge in [-0.15, -0.1) is 10.2 Å². The Labute approximate surface area is 144 Å². The zero-order valence-electron chi connectivity index (χ0n) is 13.2. The SMILES string of the molecule is c1ccc(N=NN=Nc2ccc(-c3nc4ccccc4[nH]3)cc2)cc1. The van der Waals surface area contributed by atoms with Crippen LogP contribution in [0.5, 0.6) is 0 Å². The zero-order chi connectivity index (χ0) is 16.9. The molecule has 6 heteroatoms. The summed E-state index contributed by atoms with van der Waals surface area (Å²) in [7, 11) is 0. The summed E-state index contributed by atoms with van der Waals surface area (Å²) in [5.74, 6) is 0.827. The van der Waals surface area contributed by atoms with E-state index in [-0.39, 0.29) is 0 Å². The number of hydrogen-bond donors (Lipinski definition) is 1. The van der Waals surface area contributed by atoms with Crippen molar-refractivity contribution >= 4 is 22.4 Å². The van der Waals surface area contributed by atoms with Crippen LogP contribution in [0, 0.1) is 0 Å². The van der Waals surface area contributed by atoms with Crippen molar-refractivity contribution in [2.24, 2.45) is 20.7 Å². The van der Waals surface area contributed by atoms with Gasteiger partial charge in [0.25, 0.3) is 0 Å². The summed E-state index contributed by atoms with van der Waals surface area (Å²) in [6.07, 6.45) is 0. The molecule has 120 valence electrons. The van der Waals surface area contributed by atoms with Crippen molar-refractivity contribution in [3.05, 3.63) is 78.9 Å². The minimum absolute atomic E-state index is 0.701. The van der Waals surface area contributed by atoms with E-state index in [1.165, 1.54) is 0 Å². The molecule has 1 N–H and O–H groups in total. The fourth-order valence-corrected chi connectivity index (χ4v) is 2.41. The van der Waals surface area contributed by atoms with E-state index in [4.69, 9.17) is 0 Å². The van der Waals surface area contributed by atoms with Crippen molar-refractivity contribution < 1.29 is 0 Å². The maximum atomic E-state index is 4.58. The van der Waals surface area contributed by atoms with Gasteiger partial charge in [-0.1, -0.05) is 30.3 Å². The molecule has 0 unspecified atom stereocenters. The normalized spacial score (nSPS) is 11.7. The lowest BCUT2D eigenvalue weighted by atomic mass is 10.2. The highest BCUT2D eigenvalue weighted by Crippen LogP contribution is 2.23. The number of nitrogens with zero attached hydrogens (tertiary/aromatic N) is 5. The van der Waals surface area contributed by atoms with Gasteiger partial charge in [-0.2, -0.15) is 0 Å². The van der Waals surface area contributed by atoms with E-state index in [0.717, 1.165) is 28.1 Å². The Morgan fingerprint density at radius 3 is 2.00 bits per heavy atom. The van der Waals surface area contributed by atoms with E-state index in [0.29, 0.717) is 5.69 Å². The number of H-pyrrole nitrogens is 1. The third-order valence-electron chi connectivity index (χ3n) is 3.65. The Kier molecular flexibility index (Phi) is 4.07. The summed E-state index contributed by atoms with van der Waals surface area (Å²) in [6, 6.07) is 25.0. The Bertz CT molecular complexity index is 999. The van der Waals surface area contributed by atoms with Crippen LogP contribution in [0.1, 0.15) is 0 Å². The largest absolute Gasteiger partial charge is 0.338 e. The molecule has 0 amide bonds. The van der Waals surface area contributed by atoms with E-state index in [1.807, 2.05) is 78.9 Å². The molecule has 4 rings (SSSR count). The Morgan fingerprint density at radius 1 is 0.640 bits per heavy atom. The topological polar surface area (TPSA) is 78.1 Å². The van der Waals surface area contributed by atoms with Crippen LogP contribution >= 0.6 is 0 Å². The first kappa shape index (κ1) is 14.9. The molecular weight excluding hydrogens is 312 g/mol. The van der Waals surface area contributed by atoms with Gasteiger partial charge in [0, 0.05) is 5.56 Å². The maximum Gasteiger partial charge on any atom is 0.138 e. The van der Waals surface area contributed by atoms with E-state index < -0.39 is 0 Å². The third-order valence-corrected chi connectivity index (χ3v) is 3.65. The molecule has 1 heterocycles. The molecule has 3 aromatic carbocycles. The lowest BCUT2D eigenvalue weighted by Gasteiger charge is -1.96. The van der Waals surface area contributed by atoms with Gasteiger partial charge in [0.2, 0.25) is 0 Å². The second kappa shape index (κ2) is 6.84. The molecule has 1 aromatic heterocycles. The summed E-state index contributed by atoms with van der Waals surface area (Å²) < 4.78 is 0. The molecule has 0 bridgehead atoms. The van der Waals surface area contributed by atoms with Gasteiger partial charge >= 0.3 is 0 Å². The number of nitrogens with one attached hydrogen (secondary N) is 1. The average molecular weight is 326 g/mol. The second-order valence-corrected chi connectivity index (χ2v) is 5.36. The number of fused-ring (bicyclic) bond motifs is 1. The molecule has 0 fully saturated rings. The number of benzene rings is 3. The Hall–Kier alpha value is -3.67. The van der Waals surface area contributed by atoms with Gasteiger partial charge in [0.15, 0.2) is 0 Å². The van der Waals surface area contributed by atoms with Crippen molar-refractivity contribution in [3.63, 3.8) is 0 Å². The predicted octanol–water partition coefficient (Wildman–Crippen LogP) is 6.01. The maximum absolute atomic E-state index is 4.58. The molecule has 0 aliphatic heterocycles. The monoisotopic (exact) mass is 326 g/mol. The van der Waals surface area contributed by atoms with E-state index in [9.17, 15) is 0 Å². The van der Waals surface area contributed by atoms with Crippen molar-refractivity contribution in [1.29, 1.82) is 0 Å². The first-order valence-electron chi connectivity index (χ1n) is 7.80. The van der Waals surface area contributed by atoms with Gasteiger partial charge in [-0.05, 0) is 59.0 Å². The molecule has 0 saturated carbocycles. The lowest BCUT2D eigenvalue weighted by Crippen LogP contribution is -1.78. The van der Waals surface area contributed by atoms with Crippen LogP contribution in [0.3, 0.4) is 0 Å². The quantitative estimate of drug-likeness (QED) is 0.361. The first-order valence-corrected chi connectivity index (χ1v) is 7.80. The smallest absolute Gasteiger partial charge is 0.138 e. The number of hydrogen-bond acceptors (Lipinski definition) is 3. The highest BCUT2D eigenvalue weighted by molar-refractivity contribution is 5.79. The zero-order valence-corrected chi connectivity index (χ0v) is 13.2. The van der Waals surface area contributed by atoms with Gasteiger partial charge in [-0.3, -0.25) is 0 Å². The first-order chi connectivity index (χ1) is 12.4. The minimum Gasteiger partial charge on any atom is -0.338 e. The van der Waals surface area contributed by atoms with Crippen LogP contribution in [0.25, 0.3) is 22.4 Å². The molecule has 0 saturated heterocycles. The highest BCUT2D eigenvalue weighted by Gasteiger charge is 2.04. The summed E-state index contributed by atoms with van der Waals surface area (Å²) in [5.41, 5.74) is 4.39. The molecule has 0 radical (unpaired) electrons. The van der Waals surface area contributed by atoms with Gasteiger partial charge in [-0.25, -0.2) is 4.98 Å². The van der Waals surface area contributed by atoms with Crippen molar-refractivity contribution in [2.45, 2.75) is 0 Å². The fourth-order valence-electron chi connectivity index (χ4n) is 2.41. The summed E-state index contributed by atoms with van der Waals surface area (Å²) in [4.78, 5) is 7.88. The van der Waals surface area contributed by atoms with Crippen LogP contribution in [0.4, 0.5) is 11.4 Å². The van der Waals surface area contributed by atoms with E-state index in [2.05, 4.69) is 30.6 Å². The van der Waals surface area contributed by atoms with Crippen LogP contribution in [0.15, 0.2) is 99.5 Å². The number of rotatable bonds is 4. The molecule has 4 aromatic rings. The highest BCUT2D eigenvalue weighted by atomic mass is 15.5. The molecule has 0 spiro atoms. The van der Waals surface area contributed by atoms with E-state index in [1.54, 1.807) is 0 Å². The number of imidazole rings is 1. The molecule has 0 aliphatic rings. The molecular formula is C19H14N6. The van der Waals surface area contributed by atoms with Crippen LogP contribution < -0.4 is 0 Å². The van der Waals surface area contributed by atoms with Crippen molar-refractivity contribution in [3.8, 4) is 11.4 Å². The predicted molar refractivity (Wildman–Crippen MR) is 97.0 cm³/mol. The molecule has 0 atom stereocenters. The van der Waals surface area contributed by atoms with Gasteiger partial charge < -0.3 is 4.98 Å². The van der Waals surface area contributed by atoms with Crippen LogP contribution in [-0.4, -0.2) is 9.97 Å². The molecule has 6 nitrogen and oxygen atoms in total. The number of para-hydroxylation sites is 2. The number of aromatic amines is 1. The second-order valence-electron chi connectivity index (χ2n) is 5.36. The standard InChI is InChI=1S/C19H14N6/c1-2-6-15(7-3-1)22-24-25-23-16-12-10-14(11-13-16)19-20-17-8-4-5-9-18(17)21-19/h1-13H,(H,20,21). The summed E-state index contributed by atoms with van der Waals surface area (Å²) in [5, 5.41) is 15.4. The molecule has 25 heavy (non-hydrogen) atoms. The van der Waals surface area contributed by atoms with Crippen molar-refractivity contribution in [2.75, 3.05) is 0 Å². The fraction of sp³-hybridized carbons (Fsp3) is 0. The summed E-state index contributed by atoms with van der Waals surface area (Å²) >= 11 is 0. The minimum atomic E-state index is 0.701. The van der Waals surface area contributed by atoms with Crippen molar-refractivity contribution in [1.82, 2.24) is 9.97 Å². The van der Waals surface area contributed by atoms with Gasteiger partial charge in [0.05, 0.1) is 22.4 Å². The van der Waals surface area contributed by atoms with Crippen LogP contribution in [-0.2, 0) is 0 Å². The van der Waals surface area contributed by atoms with Gasteiger partial charge in [0.1, 0.15) is 5.82 Å². The van der Waals surface area contributed by atoms with Crippen LogP contribution in [0.2, 0.25) is 0 Å².